The first-order valence-electron chi connectivity index (χ1n) is 5.90. The Balaban J connectivity index is 1.87. The molecule has 3 rings (SSSR count). The van der Waals surface area contributed by atoms with Gasteiger partial charge in [-0.1, -0.05) is 12.1 Å². The summed E-state index contributed by atoms with van der Waals surface area (Å²) in [6.07, 6.45) is 0. The van der Waals surface area contributed by atoms with Gasteiger partial charge in [0.1, 0.15) is 6.04 Å². The molecular weight excluding hydrogens is 232 g/mol. The van der Waals surface area contributed by atoms with E-state index < -0.39 is 12.0 Å². The molecule has 6 heteroatoms. The van der Waals surface area contributed by atoms with Crippen molar-refractivity contribution in [2.75, 3.05) is 24.5 Å². The minimum absolute atomic E-state index is 0.426. The number of anilines is 1. The largest absolute Gasteiger partial charge is 0.480 e. The van der Waals surface area contributed by atoms with Crippen LogP contribution in [-0.2, 0) is 4.79 Å². The fourth-order valence-corrected chi connectivity index (χ4v) is 2.20. The lowest BCUT2D eigenvalue weighted by Gasteiger charge is -2.31. The van der Waals surface area contributed by atoms with Crippen LogP contribution in [0.25, 0.3) is 11.0 Å². The predicted molar refractivity (Wildman–Crippen MR) is 67.7 cm³/mol. The van der Waals surface area contributed by atoms with Crippen LogP contribution in [-0.4, -0.2) is 46.7 Å². The lowest BCUT2D eigenvalue weighted by atomic mass is 10.2. The summed E-state index contributed by atoms with van der Waals surface area (Å²) in [7, 11) is 0. The third-order valence-electron chi connectivity index (χ3n) is 3.15. The fraction of sp³-hybridized carbons (Fsp3) is 0.333. The van der Waals surface area contributed by atoms with Crippen molar-refractivity contribution in [1.29, 1.82) is 0 Å². The molecule has 94 valence electrons. The van der Waals surface area contributed by atoms with Gasteiger partial charge in [-0.25, -0.2) is 4.98 Å². The van der Waals surface area contributed by atoms with Crippen LogP contribution in [0.3, 0.4) is 0 Å². The van der Waals surface area contributed by atoms with Crippen LogP contribution in [0.2, 0.25) is 0 Å². The minimum Gasteiger partial charge on any atom is -0.480 e. The van der Waals surface area contributed by atoms with E-state index in [0.29, 0.717) is 13.1 Å². The summed E-state index contributed by atoms with van der Waals surface area (Å²) in [5.41, 5.74) is 1.87. The first-order valence-corrected chi connectivity index (χ1v) is 5.90. The topological polar surface area (TPSA) is 81.2 Å². The second-order valence-electron chi connectivity index (χ2n) is 4.37. The Morgan fingerprint density at radius 2 is 2.28 bits per heavy atom. The number of aromatic amines is 1. The van der Waals surface area contributed by atoms with Crippen LogP contribution < -0.4 is 10.2 Å². The molecule has 2 aromatic rings. The molecule has 0 radical (unpaired) electrons. The Kier molecular flexibility index (Phi) is 2.64. The van der Waals surface area contributed by atoms with Crippen LogP contribution in [0, 0.1) is 0 Å². The van der Waals surface area contributed by atoms with Crippen LogP contribution in [0.5, 0.6) is 0 Å². The van der Waals surface area contributed by atoms with E-state index in [4.69, 9.17) is 5.11 Å². The van der Waals surface area contributed by atoms with Crippen LogP contribution in [0.1, 0.15) is 0 Å². The zero-order valence-electron chi connectivity index (χ0n) is 9.76. The van der Waals surface area contributed by atoms with E-state index in [1.807, 2.05) is 29.2 Å². The van der Waals surface area contributed by atoms with E-state index >= 15 is 0 Å². The van der Waals surface area contributed by atoms with Crippen LogP contribution in [0.15, 0.2) is 24.3 Å². The number of rotatable bonds is 2. The number of carboxylic acid groups (broad SMARTS) is 1. The zero-order valence-corrected chi connectivity index (χ0v) is 9.76. The van der Waals surface area contributed by atoms with Gasteiger partial charge in [0.25, 0.3) is 0 Å². The average molecular weight is 246 g/mol. The van der Waals surface area contributed by atoms with Gasteiger partial charge in [-0.15, -0.1) is 0 Å². The number of hydrogen-bond donors (Lipinski definition) is 3. The molecule has 1 atom stereocenters. The highest BCUT2D eigenvalue weighted by molar-refractivity contribution is 5.78. The third-order valence-corrected chi connectivity index (χ3v) is 3.15. The molecular formula is C12H14N4O2. The van der Waals surface area contributed by atoms with E-state index in [0.717, 1.165) is 23.5 Å². The number of H-pyrrole nitrogens is 1. The SMILES string of the molecule is O=C(O)C1CN(c2nc3ccccc3[nH]2)CCN1. The maximum atomic E-state index is 11.0. The molecule has 1 aliphatic heterocycles. The number of aromatic nitrogens is 2. The van der Waals surface area contributed by atoms with Crippen molar-refractivity contribution in [2.24, 2.45) is 0 Å². The van der Waals surface area contributed by atoms with E-state index in [2.05, 4.69) is 15.3 Å². The summed E-state index contributed by atoms with van der Waals surface area (Å²) in [6, 6.07) is 7.24. The van der Waals surface area contributed by atoms with Gasteiger partial charge < -0.3 is 20.3 Å². The van der Waals surface area contributed by atoms with Gasteiger partial charge >= 0.3 is 5.97 Å². The molecule has 0 amide bonds. The Morgan fingerprint density at radius 3 is 3.06 bits per heavy atom. The first kappa shape index (κ1) is 11.0. The molecule has 1 saturated heterocycles. The van der Waals surface area contributed by atoms with Gasteiger partial charge in [0.05, 0.1) is 11.0 Å². The smallest absolute Gasteiger partial charge is 0.322 e. The standard InChI is InChI=1S/C12H14N4O2/c17-11(18)10-7-16(6-5-13-10)12-14-8-3-1-2-4-9(8)15-12/h1-4,10,13H,5-7H2,(H,14,15)(H,17,18). The fourth-order valence-electron chi connectivity index (χ4n) is 2.20. The number of benzene rings is 1. The molecule has 0 aliphatic carbocycles. The molecule has 2 heterocycles. The number of para-hydroxylation sites is 2. The molecule has 6 nitrogen and oxygen atoms in total. The maximum absolute atomic E-state index is 11.0. The number of imidazole rings is 1. The molecule has 1 fully saturated rings. The summed E-state index contributed by atoms with van der Waals surface area (Å²) in [6.45, 7) is 1.83. The van der Waals surface area contributed by atoms with Crippen LogP contribution >= 0.6 is 0 Å². The lowest BCUT2D eigenvalue weighted by molar-refractivity contribution is -0.139. The molecule has 1 unspecified atom stereocenters. The van der Waals surface area contributed by atoms with Gasteiger partial charge in [0, 0.05) is 19.6 Å². The number of piperazine rings is 1. The third kappa shape index (κ3) is 1.91. The summed E-state index contributed by atoms with van der Waals surface area (Å²) < 4.78 is 0. The summed E-state index contributed by atoms with van der Waals surface area (Å²) in [5, 5.41) is 12.0. The minimum atomic E-state index is -0.823. The highest BCUT2D eigenvalue weighted by Crippen LogP contribution is 2.18. The number of fused-ring (bicyclic) bond motifs is 1. The Morgan fingerprint density at radius 1 is 1.44 bits per heavy atom. The number of carboxylic acids is 1. The quantitative estimate of drug-likeness (QED) is 0.715. The van der Waals surface area contributed by atoms with Crippen molar-refractivity contribution in [3.63, 3.8) is 0 Å². The van der Waals surface area contributed by atoms with Crippen molar-refractivity contribution in [2.45, 2.75) is 6.04 Å². The average Bonchev–Trinajstić information content (AvgIpc) is 2.82. The van der Waals surface area contributed by atoms with Gasteiger partial charge in [-0.05, 0) is 12.1 Å². The molecule has 3 N–H and O–H groups in total. The highest BCUT2D eigenvalue weighted by atomic mass is 16.4. The number of nitrogens with zero attached hydrogens (tertiary/aromatic N) is 2. The Hall–Kier alpha value is -2.08. The lowest BCUT2D eigenvalue weighted by Crippen LogP contribution is -2.54. The number of nitrogens with one attached hydrogen (secondary N) is 2. The molecule has 1 aliphatic rings. The van der Waals surface area contributed by atoms with Crippen molar-refractivity contribution in [3.05, 3.63) is 24.3 Å². The first-order chi connectivity index (χ1) is 8.74. The van der Waals surface area contributed by atoms with E-state index in [9.17, 15) is 4.79 Å². The Bertz CT molecular complexity index is 547. The van der Waals surface area contributed by atoms with E-state index in [-0.39, 0.29) is 0 Å². The van der Waals surface area contributed by atoms with Gasteiger partial charge in [0.15, 0.2) is 0 Å². The predicted octanol–water partition coefficient (Wildman–Crippen LogP) is 0.426. The highest BCUT2D eigenvalue weighted by Gasteiger charge is 2.26. The van der Waals surface area contributed by atoms with Crippen molar-refractivity contribution in [3.8, 4) is 0 Å². The number of carbonyl (C=O) groups is 1. The van der Waals surface area contributed by atoms with Gasteiger partial charge in [0.2, 0.25) is 5.95 Å². The van der Waals surface area contributed by atoms with Crippen molar-refractivity contribution < 1.29 is 9.90 Å². The summed E-state index contributed by atoms with van der Waals surface area (Å²) in [5.74, 6) is -0.0836. The summed E-state index contributed by atoms with van der Waals surface area (Å²) in [4.78, 5) is 20.6. The van der Waals surface area contributed by atoms with Crippen LogP contribution in [0.4, 0.5) is 5.95 Å². The maximum Gasteiger partial charge on any atom is 0.322 e. The molecule has 1 aromatic heterocycles. The molecule has 1 aromatic carbocycles. The normalized spacial score (nSPS) is 20.2. The van der Waals surface area contributed by atoms with Crippen molar-refractivity contribution in [1.82, 2.24) is 15.3 Å². The van der Waals surface area contributed by atoms with Crippen molar-refractivity contribution >= 4 is 23.0 Å². The second kappa shape index (κ2) is 4.30. The number of hydrogen-bond acceptors (Lipinski definition) is 4. The molecule has 0 spiro atoms. The molecule has 0 bridgehead atoms. The molecule has 18 heavy (non-hydrogen) atoms. The molecule has 0 saturated carbocycles. The van der Waals surface area contributed by atoms with E-state index in [1.54, 1.807) is 0 Å². The number of aliphatic carboxylic acids is 1. The second-order valence-corrected chi connectivity index (χ2v) is 4.37. The summed E-state index contributed by atoms with van der Waals surface area (Å²) >= 11 is 0. The van der Waals surface area contributed by atoms with Gasteiger partial charge in [-0.2, -0.15) is 0 Å². The van der Waals surface area contributed by atoms with Gasteiger partial charge in [-0.3, -0.25) is 4.79 Å². The van der Waals surface area contributed by atoms with E-state index in [1.165, 1.54) is 0 Å². The zero-order chi connectivity index (χ0) is 12.5. The Labute approximate surface area is 104 Å². The monoisotopic (exact) mass is 246 g/mol.